The number of nitriles is 1. The molecule has 2 amide bonds. The molecule has 134 valence electrons. The monoisotopic (exact) mass is 362 g/mol. The van der Waals surface area contributed by atoms with Crippen LogP contribution < -0.4 is 0 Å². The molecule has 1 aromatic rings. The molecule has 25 heavy (non-hydrogen) atoms. The van der Waals surface area contributed by atoms with Crippen LogP contribution in [0.5, 0.6) is 0 Å². The largest absolute Gasteiger partial charge is 0.325 e. The average Bonchev–Trinajstić information content (AvgIpc) is 2.68. The van der Waals surface area contributed by atoms with E-state index in [1.54, 1.807) is 17.0 Å². The van der Waals surface area contributed by atoms with E-state index in [9.17, 15) is 13.2 Å². The summed E-state index contributed by atoms with van der Waals surface area (Å²) in [5.41, 5.74) is 0.319. The Kier molecular flexibility index (Phi) is 5.25. The number of piperazine rings is 1. The minimum atomic E-state index is -3.64. The van der Waals surface area contributed by atoms with Crippen LogP contribution in [0.25, 0.3) is 0 Å². The quantitative estimate of drug-likeness (QED) is 0.797. The number of carbonyl (C=O) groups is 1. The minimum absolute atomic E-state index is 0.0169. The zero-order chi connectivity index (χ0) is 17.9. The van der Waals surface area contributed by atoms with Crippen molar-refractivity contribution in [1.82, 2.24) is 14.1 Å². The van der Waals surface area contributed by atoms with Crippen molar-refractivity contribution < 1.29 is 13.2 Å². The summed E-state index contributed by atoms with van der Waals surface area (Å²) < 4.78 is 26.9. The molecule has 0 spiro atoms. The zero-order valence-electron chi connectivity index (χ0n) is 14.1. The Morgan fingerprint density at radius 3 is 2.24 bits per heavy atom. The van der Waals surface area contributed by atoms with Gasteiger partial charge in [-0.2, -0.15) is 9.57 Å². The molecule has 2 aliphatic heterocycles. The highest BCUT2D eigenvalue weighted by Gasteiger charge is 2.32. The summed E-state index contributed by atoms with van der Waals surface area (Å²) >= 11 is 0. The fourth-order valence-corrected chi connectivity index (χ4v) is 4.75. The summed E-state index contributed by atoms with van der Waals surface area (Å²) in [7, 11) is -3.64. The van der Waals surface area contributed by atoms with Crippen molar-refractivity contribution in [3.05, 3.63) is 29.8 Å². The van der Waals surface area contributed by atoms with Gasteiger partial charge in [0.25, 0.3) is 0 Å². The van der Waals surface area contributed by atoms with E-state index in [0.717, 1.165) is 32.4 Å². The van der Waals surface area contributed by atoms with Crippen LogP contribution in [0.15, 0.2) is 29.2 Å². The van der Waals surface area contributed by atoms with Crippen molar-refractivity contribution in [3.63, 3.8) is 0 Å². The van der Waals surface area contributed by atoms with Gasteiger partial charge >= 0.3 is 6.03 Å². The lowest BCUT2D eigenvalue weighted by Gasteiger charge is -2.38. The number of sulfonamides is 1. The Morgan fingerprint density at radius 1 is 0.960 bits per heavy atom. The standard InChI is InChI=1S/C17H22N4O3S/c18-14-15-5-4-6-16(13-15)25(23,24)21-11-9-20(10-12-21)17(22)19-7-2-1-3-8-19/h4-6,13H,1-3,7-12H2. The first-order chi connectivity index (χ1) is 12.0. The van der Waals surface area contributed by atoms with Crippen LogP contribution in [-0.2, 0) is 10.0 Å². The van der Waals surface area contributed by atoms with Gasteiger partial charge in [-0.25, -0.2) is 13.2 Å². The summed E-state index contributed by atoms with van der Waals surface area (Å²) in [6, 6.07) is 8.02. The second-order valence-corrected chi connectivity index (χ2v) is 8.30. The van der Waals surface area contributed by atoms with E-state index in [1.165, 1.54) is 16.4 Å². The van der Waals surface area contributed by atoms with Gasteiger partial charge in [0, 0.05) is 39.3 Å². The van der Waals surface area contributed by atoms with Gasteiger partial charge in [0.2, 0.25) is 10.0 Å². The van der Waals surface area contributed by atoms with Crippen LogP contribution in [0.3, 0.4) is 0 Å². The third kappa shape index (κ3) is 3.78. The molecular formula is C17H22N4O3S. The molecule has 0 radical (unpaired) electrons. The Hall–Kier alpha value is -2.11. The normalized spacial score (nSPS) is 19.5. The average molecular weight is 362 g/mol. The Morgan fingerprint density at radius 2 is 1.60 bits per heavy atom. The lowest BCUT2D eigenvalue weighted by atomic mass is 10.1. The maximum atomic E-state index is 12.7. The Bertz CT molecular complexity index is 773. The van der Waals surface area contributed by atoms with E-state index < -0.39 is 10.0 Å². The number of hydrogen-bond donors (Lipinski definition) is 0. The van der Waals surface area contributed by atoms with Gasteiger partial charge in [0.1, 0.15) is 0 Å². The first-order valence-electron chi connectivity index (χ1n) is 8.56. The van der Waals surface area contributed by atoms with Crippen LogP contribution in [-0.4, -0.2) is 67.8 Å². The second-order valence-electron chi connectivity index (χ2n) is 6.36. The molecule has 1 aromatic carbocycles. The van der Waals surface area contributed by atoms with Crippen molar-refractivity contribution in [3.8, 4) is 6.07 Å². The van der Waals surface area contributed by atoms with Crippen LogP contribution >= 0.6 is 0 Å². The van der Waals surface area contributed by atoms with Crippen molar-refractivity contribution in [1.29, 1.82) is 5.26 Å². The van der Waals surface area contributed by atoms with Gasteiger partial charge in [0.05, 0.1) is 16.5 Å². The zero-order valence-corrected chi connectivity index (χ0v) is 14.9. The maximum Gasteiger partial charge on any atom is 0.320 e. The summed E-state index contributed by atoms with van der Waals surface area (Å²) in [5.74, 6) is 0. The summed E-state index contributed by atoms with van der Waals surface area (Å²) in [5, 5.41) is 8.95. The molecule has 0 N–H and O–H groups in total. The van der Waals surface area contributed by atoms with Gasteiger partial charge in [-0.3, -0.25) is 0 Å². The van der Waals surface area contributed by atoms with E-state index >= 15 is 0 Å². The molecular weight excluding hydrogens is 340 g/mol. The molecule has 2 aliphatic rings. The minimum Gasteiger partial charge on any atom is -0.325 e. The third-order valence-electron chi connectivity index (χ3n) is 4.74. The molecule has 8 heteroatoms. The summed E-state index contributed by atoms with van der Waals surface area (Å²) in [6.07, 6.45) is 3.24. The van der Waals surface area contributed by atoms with Crippen molar-refractivity contribution in [2.45, 2.75) is 24.2 Å². The van der Waals surface area contributed by atoms with Gasteiger partial charge in [-0.15, -0.1) is 0 Å². The highest BCUT2D eigenvalue weighted by Crippen LogP contribution is 2.20. The number of urea groups is 1. The molecule has 0 atom stereocenters. The number of piperidine rings is 1. The van der Waals surface area contributed by atoms with Crippen molar-refractivity contribution in [2.24, 2.45) is 0 Å². The number of nitrogens with zero attached hydrogens (tertiary/aromatic N) is 4. The first kappa shape index (κ1) is 17.7. The van der Waals surface area contributed by atoms with Crippen LogP contribution in [0.1, 0.15) is 24.8 Å². The van der Waals surface area contributed by atoms with Gasteiger partial charge in [-0.05, 0) is 37.5 Å². The van der Waals surface area contributed by atoms with E-state index in [0.29, 0.717) is 18.7 Å². The SMILES string of the molecule is N#Cc1cccc(S(=O)(=O)N2CCN(C(=O)N3CCCCC3)CC2)c1. The van der Waals surface area contributed by atoms with Crippen molar-refractivity contribution in [2.75, 3.05) is 39.3 Å². The van der Waals surface area contributed by atoms with Crippen LogP contribution in [0.4, 0.5) is 4.79 Å². The molecule has 2 saturated heterocycles. The number of rotatable bonds is 2. The summed E-state index contributed by atoms with van der Waals surface area (Å²) in [4.78, 5) is 16.2. The number of likely N-dealkylation sites (tertiary alicyclic amines) is 1. The lowest BCUT2D eigenvalue weighted by molar-refractivity contribution is 0.126. The predicted molar refractivity (Wildman–Crippen MR) is 92.3 cm³/mol. The molecule has 2 fully saturated rings. The molecule has 2 heterocycles. The van der Waals surface area contributed by atoms with Crippen molar-refractivity contribution >= 4 is 16.1 Å². The molecule has 0 saturated carbocycles. The van der Waals surface area contributed by atoms with Crippen LogP contribution in [0.2, 0.25) is 0 Å². The van der Waals surface area contributed by atoms with E-state index in [4.69, 9.17) is 5.26 Å². The Balaban J connectivity index is 1.65. The summed E-state index contributed by atoms with van der Waals surface area (Å²) in [6.45, 7) is 2.92. The van der Waals surface area contributed by atoms with Crippen LogP contribution in [0, 0.1) is 11.3 Å². The number of amides is 2. The molecule has 0 bridgehead atoms. The molecule has 0 aromatic heterocycles. The highest BCUT2D eigenvalue weighted by molar-refractivity contribution is 7.89. The molecule has 0 unspecified atom stereocenters. The number of benzene rings is 1. The predicted octanol–water partition coefficient (Wildman–Crippen LogP) is 1.47. The fourth-order valence-electron chi connectivity index (χ4n) is 3.28. The topological polar surface area (TPSA) is 84.7 Å². The van der Waals surface area contributed by atoms with Gasteiger partial charge in [0.15, 0.2) is 0 Å². The second kappa shape index (κ2) is 7.42. The third-order valence-corrected chi connectivity index (χ3v) is 6.63. The Labute approximate surface area is 148 Å². The highest BCUT2D eigenvalue weighted by atomic mass is 32.2. The van der Waals surface area contributed by atoms with E-state index in [-0.39, 0.29) is 24.0 Å². The van der Waals surface area contributed by atoms with E-state index in [1.807, 2.05) is 11.0 Å². The smallest absolute Gasteiger partial charge is 0.320 e. The van der Waals surface area contributed by atoms with E-state index in [2.05, 4.69) is 0 Å². The number of carbonyl (C=O) groups excluding carboxylic acids is 1. The number of hydrogen-bond acceptors (Lipinski definition) is 4. The maximum absolute atomic E-state index is 12.7. The molecule has 0 aliphatic carbocycles. The van der Waals surface area contributed by atoms with Gasteiger partial charge < -0.3 is 9.80 Å². The molecule has 7 nitrogen and oxygen atoms in total. The van der Waals surface area contributed by atoms with Gasteiger partial charge in [-0.1, -0.05) is 6.07 Å². The molecule has 3 rings (SSSR count). The first-order valence-corrected chi connectivity index (χ1v) is 10.0. The fraction of sp³-hybridized carbons (Fsp3) is 0.529. The lowest BCUT2D eigenvalue weighted by Crippen LogP contribution is -2.54.